The van der Waals surface area contributed by atoms with E-state index in [1.807, 2.05) is 0 Å². The molecule has 0 spiro atoms. The maximum atomic E-state index is 12.7. The number of aryl methyl sites for hydroxylation is 3. The van der Waals surface area contributed by atoms with Crippen molar-refractivity contribution in [2.24, 2.45) is 5.92 Å². The molecule has 2 aliphatic rings. The minimum absolute atomic E-state index is 0.0420. The van der Waals surface area contributed by atoms with E-state index in [9.17, 15) is 9.59 Å². The van der Waals surface area contributed by atoms with Crippen LogP contribution in [0.4, 0.5) is 5.69 Å². The molecule has 0 saturated heterocycles. The number of carbonyl (C=O) groups excluding carboxylic acids is 1. The molecular weight excluding hydrogens is 364 g/mol. The number of H-pyrrole nitrogens is 1. The standard InChI is InChI=1S/C23H30N4O2/c1-16-25-20-12-10-18(9-11-19(20)23(29)26-16)22(28)24-13-5-15-27-14-4-7-17-6-2-3-8-21(17)27/h2-3,6,8,18H,4-5,7,9-15H2,1H3,(H,24,28)(H,25,26,29). The third-order valence-corrected chi connectivity index (χ3v) is 6.17. The average molecular weight is 395 g/mol. The van der Waals surface area contributed by atoms with Crippen molar-refractivity contribution in [1.29, 1.82) is 0 Å². The Bertz CT molecular complexity index is 937. The van der Waals surface area contributed by atoms with Gasteiger partial charge in [-0.05, 0) is 63.5 Å². The minimum Gasteiger partial charge on any atom is -0.371 e. The van der Waals surface area contributed by atoms with Gasteiger partial charge in [0.1, 0.15) is 5.82 Å². The molecule has 1 aliphatic heterocycles. The van der Waals surface area contributed by atoms with E-state index in [4.69, 9.17) is 0 Å². The fraction of sp³-hybridized carbons (Fsp3) is 0.522. The summed E-state index contributed by atoms with van der Waals surface area (Å²) in [4.78, 5) is 34.5. The number of amides is 1. The molecule has 1 amide bonds. The topological polar surface area (TPSA) is 78.1 Å². The van der Waals surface area contributed by atoms with Crippen molar-refractivity contribution in [3.63, 3.8) is 0 Å². The fourth-order valence-electron chi connectivity index (χ4n) is 4.64. The first-order valence-electron chi connectivity index (χ1n) is 10.8. The van der Waals surface area contributed by atoms with Crippen LogP contribution in [0, 0.1) is 12.8 Å². The highest BCUT2D eigenvalue weighted by Gasteiger charge is 2.24. The molecule has 2 heterocycles. The number of benzene rings is 1. The highest BCUT2D eigenvalue weighted by molar-refractivity contribution is 5.78. The summed E-state index contributed by atoms with van der Waals surface area (Å²) < 4.78 is 0. The van der Waals surface area contributed by atoms with E-state index in [1.165, 1.54) is 17.7 Å². The Kier molecular flexibility index (Phi) is 5.97. The van der Waals surface area contributed by atoms with E-state index in [0.717, 1.165) is 43.6 Å². The predicted molar refractivity (Wildman–Crippen MR) is 114 cm³/mol. The van der Waals surface area contributed by atoms with Gasteiger partial charge in [0.05, 0.1) is 5.69 Å². The molecule has 6 heteroatoms. The summed E-state index contributed by atoms with van der Waals surface area (Å²) >= 11 is 0. The first-order valence-corrected chi connectivity index (χ1v) is 10.8. The van der Waals surface area contributed by atoms with Gasteiger partial charge in [-0.3, -0.25) is 9.59 Å². The molecule has 2 N–H and O–H groups in total. The smallest absolute Gasteiger partial charge is 0.254 e. The monoisotopic (exact) mass is 394 g/mol. The molecule has 0 saturated carbocycles. The second-order valence-electron chi connectivity index (χ2n) is 8.21. The highest BCUT2D eigenvalue weighted by atomic mass is 16.2. The lowest BCUT2D eigenvalue weighted by Crippen LogP contribution is -2.35. The largest absolute Gasteiger partial charge is 0.371 e. The molecule has 1 aromatic heterocycles. The quantitative estimate of drug-likeness (QED) is 0.603. The maximum absolute atomic E-state index is 12.7. The molecule has 4 rings (SSSR count). The summed E-state index contributed by atoms with van der Waals surface area (Å²) in [5, 5.41) is 3.12. The van der Waals surface area contributed by atoms with Crippen molar-refractivity contribution >= 4 is 11.6 Å². The van der Waals surface area contributed by atoms with E-state index in [-0.39, 0.29) is 17.4 Å². The maximum Gasteiger partial charge on any atom is 0.254 e. The van der Waals surface area contributed by atoms with Gasteiger partial charge >= 0.3 is 0 Å². The lowest BCUT2D eigenvalue weighted by Gasteiger charge is -2.31. The number of carbonyl (C=O) groups is 1. The summed E-state index contributed by atoms with van der Waals surface area (Å²) in [6.07, 6.45) is 6.08. The van der Waals surface area contributed by atoms with E-state index in [1.54, 1.807) is 6.92 Å². The first-order chi connectivity index (χ1) is 14.1. The molecule has 29 heavy (non-hydrogen) atoms. The van der Waals surface area contributed by atoms with Gasteiger partial charge in [-0.2, -0.15) is 0 Å². The van der Waals surface area contributed by atoms with Crippen LogP contribution in [0.2, 0.25) is 0 Å². The van der Waals surface area contributed by atoms with Crippen LogP contribution in [0.25, 0.3) is 0 Å². The highest BCUT2D eigenvalue weighted by Crippen LogP contribution is 2.26. The molecule has 154 valence electrons. The number of aromatic amines is 1. The van der Waals surface area contributed by atoms with Crippen molar-refractivity contribution in [3.8, 4) is 0 Å². The van der Waals surface area contributed by atoms with Crippen molar-refractivity contribution in [1.82, 2.24) is 15.3 Å². The number of fused-ring (bicyclic) bond motifs is 2. The number of para-hydroxylation sites is 1. The SMILES string of the molecule is Cc1nc2c(c(=O)[nH]1)CCC(C(=O)NCCCN1CCCc3ccccc31)CC2. The van der Waals surface area contributed by atoms with Crippen molar-refractivity contribution in [2.75, 3.05) is 24.5 Å². The zero-order valence-electron chi connectivity index (χ0n) is 17.2. The molecule has 1 aliphatic carbocycles. The van der Waals surface area contributed by atoms with Gasteiger partial charge in [0, 0.05) is 36.8 Å². The molecule has 1 aromatic carbocycles. The lowest BCUT2D eigenvalue weighted by molar-refractivity contribution is -0.125. The van der Waals surface area contributed by atoms with Crippen LogP contribution in [0.15, 0.2) is 29.1 Å². The Morgan fingerprint density at radius 3 is 2.97 bits per heavy atom. The summed E-state index contributed by atoms with van der Waals surface area (Å²) in [5.74, 6) is 0.723. The number of rotatable bonds is 5. The second kappa shape index (κ2) is 8.80. The van der Waals surface area contributed by atoms with Crippen LogP contribution in [0.1, 0.15) is 48.3 Å². The van der Waals surface area contributed by atoms with E-state index < -0.39 is 0 Å². The molecule has 1 atom stereocenters. The predicted octanol–water partition coefficient (Wildman–Crippen LogP) is 2.53. The summed E-state index contributed by atoms with van der Waals surface area (Å²) in [5.41, 5.74) is 4.36. The van der Waals surface area contributed by atoms with Crippen LogP contribution in [-0.2, 0) is 24.1 Å². The Morgan fingerprint density at radius 2 is 2.07 bits per heavy atom. The molecule has 0 radical (unpaired) electrons. The van der Waals surface area contributed by atoms with Gasteiger partial charge < -0.3 is 15.2 Å². The van der Waals surface area contributed by atoms with Crippen LogP contribution >= 0.6 is 0 Å². The van der Waals surface area contributed by atoms with E-state index >= 15 is 0 Å². The molecule has 0 fully saturated rings. The number of nitrogens with one attached hydrogen (secondary N) is 2. The Balaban J connectivity index is 1.26. The van der Waals surface area contributed by atoms with Gasteiger partial charge in [0.2, 0.25) is 5.91 Å². The van der Waals surface area contributed by atoms with Crippen molar-refractivity contribution in [3.05, 3.63) is 57.3 Å². The number of aromatic nitrogens is 2. The minimum atomic E-state index is -0.0460. The molecule has 6 nitrogen and oxygen atoms in total. The zero-order chi connectivity index (χ0) is 20.2. The summed E-state index contributed by atoms with van der Waals surface area (Å²) in [6, 6.07) is 8.63. The van der Waals surface area contributed by atoms with Gasteiger partial charge in [-0.1, -0.05) is 18.2 Å². The normalized spacial score (nSPS) is 18.5. The van der Waals surface area contributed by atoms with Crippen molar-refractivity contribution in [2.45, 2.75) is 51.9 Å². The molecule has 0 bridgehead atoms. The van der Waals surface area contributed by atoms with E-state index in [0.29, 0.717) is 31.6 Å². The fourth-order valence-corrected chi connectivity index (χ4v) is 4.64. The second-order valence-corrected chi connectivity index (χ2v) is 8.21. The van der Waals surface area contributed by atoms with E-state index in [2.05, 4.69) is 44.5 Å². The Labute approximate surface area is 171 Å². The molecule has 1 unspecified atom stereocenters. The van der Waals surface area contributed by atoms with Gasteiger partial charge in [0.15, 0.2) is 0 Å². The van der Waals surface area contributed by atoms with Gasteiger partial charge in [0.25, 0.3) is 5.56 Å². The number of nitrogens with zero attached hydrogens (tertiary/aromatic N) is 2. The summed E-state index contributed by atoms with van der Waals surface area (Å²) in [7, 11) is 0. The first kappa shape index (κ1) is 19.7. The van der Waals surface area contributed by atoms with Crippen molar-refractivity contribution < 1.29 is 4.79 Å². The van der Waals surface area contributed by atoms with Crippen LogP contribution in [0.5, 0.6) is 0 Å². The number of hydrogen-bond donors (Lipinski definition) is 2. The lowest BCUT2D eigenvalue weighted by atomic mass is 9.99. The third kappa shape index (κ3) is 4.52. The molecule has 2 aromatic rings. The number of anilines is 1. The number of hydrogen-bond acceptors (Lipinski definition) is 4. The molecular formula is C23H30N4O2. The van der Waals surface area contributed by atoms with Crippen LogP contribution in [-0.4, -0.2) is 35.5 Å². The van der Waals surface area contributed by atoms with Crippen LogP contribution in [0.3, 0.4) is 0 Å². The zero-order valence-corrected chi connectivity index (χ0v) is 17.2. The van der Waals surface area contributed by atoms with Gasteiger partial charge in [-0.15, -0.1) is 0 Å². The third-order valence-electron chi connectivity index (χ3n) is 6.17. The van der Waals surface area contributed by atoms with Gasteiger partial charge in [-0.25, -0.2) is 4.98 Å². The summed E-state index contributed by atoms with van der Waals surface area (Å²) in [6.45, 7) is 4.55. The van der Waals surface area contributed by atoms with Crippen LogP contribution < -0.4 is 15.8 Å². The Morgan fingerprint density at radius 1 is 1.24 bits per heavy atom. The average Bonchev–Trinajstić information content (AvgIpc) is 2.94. The Hall–Kier alpha value is -2.63.